The molecule has 0 aromatic heterocycles. The summed E-state index contributed by atoms with van der Waals surface area (Å²) >= 11 is 0. The SMILES string of the molecule is CC(=O)O[C@H]1CCN2CCC[C@@H]3C(=O)C[C@H]4C[C@@H](C)C[C@]32[C@@H]41. The summed E-state index contributed by atoms with van der Waals surface area (Å²) < 4.78 is 5.75. The number of piperidine rings is 2. The van der Waals surface area contributed by atoms with Crippen molar-refractivity contribution in [2.75, 3.05) is 13.1 Å². The van der Waals surface area contributed by atoms with Crippen LogP contribution in [0.25, 0.3) is 0 Å². The maximum absolute atomic E-state index is 12.8. The minimum absolute atomic E-state index is 0.00567. The Morgan fingerprint density at radius 2 is 2.14 bits per heavy atom. The number of Topliss-reactive ketones (excluding diaryl/α,β-unsaturated/α-hetero) is 1. The fourth-order valence-corrected chi connectivity index (χ4v) is 6.53. The molecule has 4 aliphatic rings. The molecule has 1 spiro atoms. The highest BCUT2D eigenvalue weighted by Crippen LogP contribution is 2.59. The van der Waals surface area contributed by atoms with Crippen molar-refractivity contribution in [3.63, 3.8) is 0 Å². The molecule has 0 N–H and O–H groups in total. The third kappa shape index (κ3) is 1.92. The summed E-state index contributed by atoms with van der Waals surface area (Å²) in [6, 6.07) is 0. The van der Waals surface area contributed by atoms with E-state index in [-0.39, 0.29) is 23.5 Å². The van der Waals surface area contributed by atoms with Gasteiger partial charge in [0.2, 0.25) is 0 Å². The quantitative estimate of drug-likeness (QED) is 0.698. The highest BCUT2D eigenvalue weighted by Gasteiger charge is 2.65. The summed E-state index contributed by atoms with van der Waals surface area (Å²) in [5.74, 6) is 1.98. The number of esters is 1. The molecule has 2 saturated carbocycles. The molecule has 2 aliphatic carbocycles. The van der Waals surface area contributed by atoms with E-state index < -0.39 is 0 Å². The third-order valence-corrected chi connectivity index (χ3v) is 6.83. The van der Waals surface area contributed by atoms with Crippen molar-refractivity contribution < 1.29 is 14.3 Å². The number of nitrogens with zero attached hydrogens (tertiary/aromatic N) is 1. The van der Waals surface area contributed by atoms with Gasteiger partial charge in [0.25, 0.3) is 0 Å². The van der Waals surface area contributed by atoms with Gasteiger partial charge < -0.3 is 4.74 Å². The standard InChI is InChI=1S/C18H27NO3/c1-11-8-13-9-15(21)14-4-3-6-19-7-5-16(22-12(2)20)17(13)18(14,19)10-11/h11,13-14,16-17H,3-10H2,1-2H3/t11-,13-,14-,16+,17+,18-/m1/s1. The Balaban J connectivity index is 1.78. The molecule has 22 heavy (non-hydrogen) atoms. The lowest BCUT2D eigenvalue weighted by atomic mass is 9.48. The monoisotopic (exact) mass is 305 g/mol. The van der Waals surface area contributed by atoms with Gasteiger partial charge >= 0.3 is 5.97 Å². The van der Waals surface area contributed by atoms with E-state index in [0.29, 0.717) is 30.0 Å². The average molecular weight is 305 g/mol. The molecule has 0 amide bonds. The van der Waals surface area contributed by atoms with Gasteiger partial charge in [-0.3, -0.25) is 14.5 Å². The fourth-order valence-electron chi connectivity index (χ4n) is 6.53. The molecule has 0 radical (unpaired) electrons. The maximum Gasteiger partial charge on any atom is 0.302 e. The van der Waals surface area contributed by atoms with Crippen LogP contribution in [-0.4, -0.2) is 41.4 Å². The topological polar surface area (TPSA) is 46.6 Å². The van der Waals surface area contributed by atoms with Gasteiger partial charge in [0, 0.05) is 37.3 Å². The molecular weight excluding hydrogens is 278 g/mol. The molecule has 0 aromatic carbocycles. The molecule has 4 nitrogen and oxygen atoms in total. The second kappa shape index (κ2) is 5.05. The molecular formula is C18H27NO3. The van der Waals surface area contributed by atoms with Crippen LogP contribution in [0.15, 0.2) is 0 Å². The first-order chi connectivity index (χ1) is 10.5. The second-order valence-corrected chi connectivity index (χ2v) is 8.11. The zero-order valence-corrected chi connectivity index (χ0v) is 13.7. The summed E-state index contributed by atoms with van der Waals surface area (Å²) in [7, 11) is 0. The zero-order valence-electron chi connectivity index (χ0n) is 13.7. The summed E-state index contributed by atoms with van der Waals surface area (Å²) in [6.07, 6.45) is 6.10. The number of carbonyl (C=O) groups excluding carboxylic acids is 2. The highest BCUT2D eigenvalue weighted by atomic mass is 16.5. The van der Waals surface area contributed by atoms with E-state index in [4.69, 9.17) is 4.74 Å². The lowest BCUT2D eigenvalue weighted by Crippen LogP contribution is -2.74. The normalized spacial score (nSPS) is 47.7. The lowest BCUT2D eigenvalue weighted by Gasteiger charge is -2.67. The van der Waals surface area contributed by atoms with Gasteiger partial charge in [0.1, 0.15) is 11.9 Å². The Bertz CT molecular complexity index is 503. The predicted octanol–water partition coefficient (Wildman–Crippen LogP) is 2.41. The fraction of sp³-hybridized carbons (Fsp3) is 0.889. The molecule has 2 heterocycles. The van der Waals surface area contributed by atoms with Crippen LogP contribution >= 0.6 is 0 Å². The first kappa shape index (κ1) is 14.7. The molecule has 122 valence electrons. The van der Waals surface area contributed by atoms with Crippen molar-refractivity contribution >= 4 is 11.8 Å². The van der Waals surface area contributed by atoms with Crippen LogP contribution < -0.4 is 0 Å². The van der Waals surface area contributed by atoms with Crippen molar-refractivity contribution in [2.24, 2.45) is 23.7 Å². The number of ether oxygens (including phenoxy) is 1. The zero-order chi connectivity index (χ0) is 15.5. The van der Waals surface area contributed by atoms with E-state index >= 15 is 0 Å². The predicted molar refractivity (Wildman–Crippen MR) is 82.2 cm³/mol. The molecule has 2 bridgehead atoms. The molecule has 2 saturated heterocycles. The van der Waals surface area contributed by atoms with Gasteiger partial charge in [0.05, 0.1) is 0 Å². The molecule has 4 fully saturated rings. The average Bonchev–Trinajstić information content (AvgIpc) is 2.43. The van der Waals surface area contributed by atoms with E-state index in [1.54, 1.807) is 0 Å². The Hall–Kier alpha value is -0.900. The summed E-state index contributed by atoms with van der Waals surface area (Å²) in [5, 5.41) is 0. The van der Waals surface area contributed by atoms with Crippen molar-refractivity contribution in [2.45, 2.75) is 64.0 Å². The molecule has 4 heteroatoms. The molecule has 0 aromatic rings. The highest BCUT2D eigenvalue weighted by molar-refractivity contribution is 5.84. The first-order valence-electron chi connectivity index (χ1n) is 8.97. The number of ketones is 1. The molecule has 4 rings (SSSR count). The first-order valence-corrected chi connectivity index (χ1v) is 8.97. The summed E-state index contributed by atoms with van der Waals surface area (Å²) in [6.45, 7) is 5.96. The summed E-state index contributed by atoms with van der Waals surface area (Å²) in [4.78, 5) is 27.0. The molecule has 2 aliphatic heterocycles. The number of hydrogen-bond acceptors (Lipinski definition) is 4. The van der Waals surface area contributed by atoms with Gasteiger partial charge in [0.15, 0.2) is 0 Å². The van der Waals surface area contributed by atoms with E-state index in [2.05, 4.69) is 11.8 Å². The van der Waals surface area contributed by atoms with Crippen LogP contribution in [0.1, 0.15) is 52.4 Å². The minimum Gasteiger partial charge on any atom is -0.462 e. The number of rotatable bonds is 1. The lowest BCUT2D eigenvalue weighted by molar-refractivity contribution is -0.206. The Labute approximate surface area is 132 Å². The van der Waals surface area contributed by atoms with Crippen molar-refractivity contribution in [1.29, 1.82) is 0 Å². The van der Waals surface area contributed by atoms with Crippen molar-refractivity contribution in [1.82, 2.24) is 4.90 Å². The van der Waals surface area contributed by atoms with Crippen LogP contribution in [0.3, 0.4) is 0 Å². The third-order valence-electron chi connectivity index (χ3n) is 6.83. The van der Waals surface area contributed by atoms with E-state index in [0.717, 1.165) is 45.2 Å². The van der Waals surface area contributed by atoms with E-state index in [1.165, 1.54) is 6.92 Å². The smallest absolute Gasteiger partial charge is 0.302 e. The van der Waals surface area contributed by atoms with Gasteiger partial charge in [-0.2, -0.15) is 0 Å². The van der Waals surface area contributed by atoms with Crippen molar-refractivity contribution in [3.05, 3.63) is 0 Å². The van der Waals surface area contributed by atoms with Crippen molar-refractivity contribution in [3.8, 4) is 0 Å². The maximum atomic E-state index is 12.8. The Kier molecular flexibility index (Phi) is 3.37. The van der Waals surface area contributed by atoms with Crippen LogP contribution in [0.4, 0.5) is 0 Å². The Morgan fingerprint density at radius 3 is 2.91 bits per heavy atom. The van der Waals surface area contributed by atoms with Gasteiger partial charge in [-0.05, 0) is 50.5 Å². The van der Waals surface area contributed by atoms with Crippen LogP contribution in [0, 0.1) is 23.7 Å². The number of hydrogen-bond donors (Lipinski definition) is 0. The van der Waals surface area contributed by atoms with Crippen LogP contribution in [-0.2, 0) is 14.3 Å². The molecule has 0 unspecified atom stereocenters. The largest absolute Gasteiger partial charge is 0.462 e. The summed E-state index contributed by atoms with van der Waals surface area (Å²) in [5.41, 5.74) is -0.00567. The number of carbonyl (C=O) groups is 2. The Morgan fingerprint density at radius 1 is 1.32 bits per heavy atom. The van der Waals surface area contributed by atoms with E-state index in [9.17, 15) is 9.59 Å². The van der Waals surface area contributed by atoms with Gasteiger partial charge in [-0.1, -0.05) is 6.92 Å². The van der Waals surface area contributed by atoms with Crippen LogP contribution in [0.2, 0.25) is 0 Å². The van der Waals surface area contributed by atoms with E-state index in [1.807, 2.05) is 0 Å². The van der Waals surface area contributed by atoms with Gasteiger partial charge in [-0.25, -0.2) is 0 Å². The molecule has 6 atom stereocenters. The minimum atomic E-state index is -0.162. The van der Waals surface area contributed by atoms with Crippen LogP contribution in [0.5, 0.6) is 0 Å². The van der Waals surface area contributed by atoms with Gasteiger partial charge in [-0.15, -0.1) is 0 Å². The second-order valence-electron chi connectivity index (χ2n) is 8.11.